The number of hydrogen-bond donors (Lipinski definition) is 2. The summed E-state index contributed by atoms with van der Waals surface area (Å²) in [7, 11) is 0. The fraction of sp³-hybridized carbons (Fsp3) is 0.0323. The zero-order valence-electron chi connectivity index (χ0n) is 20.0. The van der Waals surface area contributed by atoms with Gasteiger partial charge in [-0.3, -0.25) is 9.59 Å². The van der Waals surface area contributed by atoms with Gasteiger partial charge in [-0.2, -0.15) is 0 Å². The van der Waals surface area contributed by atoms with Gasteiger partial charge in [-0.15, -0.1) is 11.8 Å². The molecule has 1 unspecified atom stereocenters. The van der Waals surface area contributed by atoms with Crippen LogP contribution in [-0.4, -0.2) is 11.8 Å². The van der Waals surface area contributed by atoms with E-state index in [1.165, 1.54) is 17.8 Å². The average Bonchev–Trinajstić information content (AvgIpc) is 2.93. The number of thioether (sulfide) groups is 1. The van der Waals surface area contributed by atoms with Gasteiger partial charge in [0.15, 0.2) is 0 Å². The van der Waals surface area contributed by atoms with E-state index in [1.54, 1.807) is 24.3 Å². The Morgan fingerprint density at radius 2 is 1.34 bits per heavy atom. The molecule has 7 heteroatoms. The minimum absolute atomic E-state index is 0.119. The third kappa shape index (κ3) is 6.20. The van der Waals surface area contributed by atoms with Gasteiger partial charge in [0.2, 0.25) is 5.91 Å². The fourth-order valence-electron chi connectivity index (χ4n) is 4.00. The van der Waals surface area contributed by atoms with Crippen LogP contribution in [0.1, 0.15) is 21.2 Å². The van der Waals surface area contributed by atoms with Crippen molar-refractivity contribution in [3.8, 4) is 0 Å². The number of amides is 2. The molecule has 38 heavy (non-hydrogen) atoms. The van der Waals surface area contributed by atoms with Crippen molar-refractivity contribution in [1.29, 1.82) is 0 Å². The Labute approximate surface area is 235 Å². The first-order valence-corrected chi connectivity index (χ1v) is 13.5. The maximum Gasteiger partial charge on any atom is 0.257 e. The van der Waals surface area contributed by atoms with E-state index < -0.39 is 5.25 Å². The number of carbonyl (C=O) groups excluding carboxylic acids is 2. The Hall–Kier alpha value is -3.77. The molecule has 0 saturated heterocycles. The second-order valence-corrected chi connectivity index (χ2v) is 10.6. The highest BCUT2D eigenvalue weighted by molar-refractivity contribution is 8.00. The summed E-state index contributed by atoms with van der Waals surface area (Å²) in [5.41, 5.74) is 2.59. The molecule has 0 aliphatic heterocycles. The maximum absolute atomic E-state index is 13.5. The lowest BCUT2D eigenvalue weighted by atomic mass is 10.1. The molecule has 0 radical (unpaired) electrons. The smallest absolute Gasteiger partial charge is 0.257 e. The van der Waals surface area contributed by atoms with Crippen molar-refractivity contribution >= 4 is 68.9 Å². The highest BCUT2D eigenvalue weighted by atomic mass is 35.5. The van der Waals surface area contributed by atoms with Gasteiger partial charge in [-0.25, -0.2) is 0 Å². The van der Waals surface area contributed by atoms with E-state index in [-0.39, 0.29) is 16.8 Å². The van der Waals surface area contributed by atoms with Gasteiger partial charge in [0.25, 0.3) is 5.91 Å². The van der Waals surface area contributed by atoms with E-state index in [4.69, 9.17) is 23.2 Å². The van der Waals surface area contributed by atoms with Crippen molar-refractivity contribution in [3.63, 3.8) is 0 Å². The molecule has 0 aliphatic rings. The minimum atomic E-state index is -0.476. The van der Waals surface area contributed by atoms with E-state index in [0.717, 1.165) is 26.9 Å². The quantitative estimate of drug-likeness (QED) is 0.197. The molecule has 0 fully saturated rings. The molecule has 5 aromatic carbocycles. The van der Waals surface area contributed by atoms with Gasteiger partial charge >= 0.3 is 0 Å². The topological polar surface area (TPSA) is 58.2 Å². The molecule has 2 N–H and O–H groups in total. The molecule has 0 spiro atoms. The van der Waals surface area contributed by atoms with Crippen LogP contribution in [0.25, 0.3) is 10.8 Å². The molecule has 4 nitrogen and oxygen atoms in total. The second-order valence-electron chi connectivity index (χ2n) is 8.56. The SMILES string of the molecule is O=C(Nc1ccc(SC(C(=O)Nc2ccc3ccccc3c2)c2ccccc2)cc1)c1ccc(Cl)cc1Cl. The number of halogens is 2. The van der Waals surface area contributed by atoms with Crippen LogP contribution in [0.5, 0.6) is 0 Å². The van der Waals surface area contributed by atoms with Gasteiger partial charge < -0.3 is 10.6 Å². The Morgan fingerprint density at radius 1 is 0.658 bits per heavy atom. The molecule has 5 rings (SSSR count). The molecule has 0 aliphatic carbocycles. The molecule has 2 amide bonds. The summed E-state index contributed by atoms with van der Waals surface area (Å²) in [6, 6.07) is 35.7. The molecular formula is C31H22Cl2N2O2S. The van der Waals surface area contributed by atoms with Crippen LogP contribution in [-0.2, 0) is 4.79 Å². The first-order chi connectivity index (χ1) is 18.5. The molecule has 0 heterocycles. The monoisotopic (exact) mass is 556 g/mol. The van der Waals surface area contributed by atoms with Gasteiger partial charge in [-0.05, 0) is 70.9 Å². The average molecular weight is 558 g/mol. The number of rotatable bonds is 7. The molecule has 0 saturated carbocycles. The first kappa shape index (κ1) is 25.9. The predicted molar refractivity (Wildman–Crippen MR) is 158 cm³/mol. The zero-order chi connectivity index (χ0) is 26.5. The van der Waals surface area contributed by atoms with Crippen molar-refractivity contribution in [2.45, 2.75) is 10.1 Å². The molecule has 0 bridgehead atoms. The summed E-state index contributed by atoms with van der Waals surface area (Å²) in [5, 5.41) is 8.37. The molecule has 188 valence electrons. The van der Waals surface area contributed by atoms with Crippen molar-refractivity contribution in [3.05, 3.63) is 136 Å². The number of nitrogens with one attached hydrogen (secondary N) is 2. The largest absolute Gasteiger partial charge is 0.325 e. The highest BCUT2D eigenvalue weighted by Gasteiger charge is 2.22. The third-order valence-corrected chi connectivity index (χ3v) is 7.71. The van der Waals surface area contributed by atoms with E-state index in [1.807, 2.05) is 84.9 Å². The van der Waals surface area contributed by atoms with E-state index in [9.17, 15) is 9.59 Å². The summed E-state index contributed by atoms with van der Waals surface area (Å²) < 4.78 is 0. The van der Waals surface area contributed by atoms with Crippen LogP contribution < -0.4 is 10.6 Å². The Kier molecular flexibility index (Phi) is 7.99. The summed E-state index contributed by atoms with van der Waals surface area (Å²) >= 11 is 13.5. The molecular weight excluding hydrogens is 535 g/mol. The van der Waals surface area contributed by atoms with Crippen LogP contribution in [0.3, 0.4) is 0 Å². The Morgan fingerprint density at radius 3 is 2.08 bits per heavy atom. The standard InChI is InChI=1S/C31H22Cl2N2O2S/c32-23-11-17-27(28(33)19-23)30(36)34-24-13-15-26(16-14-24)38-29(21-7-2-1-3-8-21)31(37)35-25-12-10-20-6-4-5-9-22(20)18-25/h1-19,29H,(H,34,36)(H,35,37). The second kappa shape index (κ2) is 11.7. The van der Waals surface area contributed by atoms with Crippen molar-refractivity contribution < 1.29 is 9.59 Å². The lowest BCUT2D eigenvalue weighted by Gasteiger charge is -2.18. The van der Waals surface area contributed by atoms with Gasteiger partial charge in [0.05, 0.1) is 10.6 Å². The summed E-state index contributed by atoms with van der Waals surface area (Å²) in [5.74, 6) is -0.449. The normalized spacial score (nSPS) is 11.6. The Balaban J connectivity index is 1.32. The maximum atomic E-state index is 13.5. The minimum Gasteiger partial charge on any atom is -0.325 e. The first-order valence-electron chi connectivity index (χ1n) is 11.8. The van der Waals surface area contributed by atoms with E-state index in [0.29, 0.717) is 16.3 Å². The molecule has 5 aromatic rings. The van der Waals surface area contributed by atoms with Crippen LogP contribution in [0.15, 0.2) is 120 Å². The number of fused-ring (bicyclic) bond motifs is 1. The van der Waals surface area contributed by atoms with Crippen LogP contribution in [0.2, 0.25) is 10.0 Å². The fourth-order valence-corrected chi connectivity index (χ4v) is 5.52. The molecule has 1 atom stereocenters. The number of benzene rings is 5. The lowest BCUT2D eigenvalue weighted by molar-refractivity contribution is -0.115. The number of anilines is 2. The van der Waals surface area contributed by atoms with E-state index >= 15 is 0 Å². The van der Waals surface area contributed by atoms with Crippen molar-refractivity contribution in [2.75, 3.05) is 10.6 Å². The summed E-state index contributed by atoms with van der Waals surface area (Å²) in [6.45, 7) is 0. The van der Waals surface area contributed by atoms with Crippen molar-refractivity contribution in [2.24, 2.45) is 0 Å². The third-order valence-electron chi connectivity index (χ3n) is 5.90. The summed E-state index contributed by atoms with van der Waals surface area (Å²) in [4.78, 5) is 27.0. The van der Waals surface area contributed by atoms with Gasteiger partial charge in [0, 0.05) is 21.3 Å². The van der Waals surface area contributed by atoms with Crippen LogP contribution in [0.4, 0.5) is 11.4 Å². The molecule has 0 aromatic heterocycles. The Bertz CT molecular complexity index is 1610. The van der Waals surface area contributed by atoms with E-state index in [2.05, 4.69) is 10.6 Å². The zero-order valence-corrected chi connectivity index (χ0v) is 22.4. The number of hydrogen-bond acceptors (Lipinski definition) is 3. The van der Waals surface area contributed by atoms with Crippen LogP contribution >= 0.6 is 35.0 Å². The summed E-state index contributed by atoms with van der Waals surface area (Å²) in [6.07, 6.45) is 0. The predicted octanol–water partition coefficient (Wildman–Crippen LogP) is 8.87. The van der Waals surface area contributed by atoms with Gasteiger partial charge in [-0.1, -0.05) is 83.9 Å². The van der Waals surface area contributed by atoms with Crippen LogP contribution in [0, 0.1) is 0 Å². The van der Waals surface area contributed by atoms with Crippen molar-refractivity contribution in [1.82, 2.24) is 0 Å². The highest BCUT2D eigenvalue weighted by Crippen LogP contribution is 2.37. The lowest BCUT2D eigenvalue weighted by Crippen LogP contribution is -2.19. The number of carbonyl (C=O) groups is 2. The van der Waals surface area contributed by atoms with Gasteiger partial charge in [0.1, 0.15) is 5.25 Å².